The Morgan fingerprint density at radius 1 is 1.67 bits per heavy atom. The van der Waals surface area contributed by atoms with Gasteiger partial charge in [0.15, 0.2) is 0 Å². The Labute approximate surface area is 107 Å². The average Bonchev–Trinajstić information content (AvgIpc) is 3.15. The lowest BCUT2D eigenvalue weighted by molar-refractivity contribution is 0.0527. The molecule has 1 fully saturated rings. The normalized spacial score (nSPS) is 16.1. The molecule has 5 heteroatoms. The van der Waals surface area contributed by atoms with E-state index in [2.05, 4.69) is 17.2 Å². The van der Waals surface area contributed by atoms with Gasteiger partial charge >= 0.3 is 5.97 Å². The second-order valence-corrected chi connectivity index (χ2v) is 4.65. The first kappa shape index (κ1) is 12.7. The Bertz CT molecular complexity index is 444. The fraction of sp³-hybridized carbons (Fsp3) is 0.538. The zero-order chi connectivity index (χ0) is 13.1. The van der Waals surface area contributed by atoms with Crippen LogP contribution < -0.4 is 11.1 Å². The first-order chi connectivity index (χ1) is 8.61. The third kappa shape index (κ3) is 2.91. The number of rotatable bonds is 5. The van der Waals surface area contributed by atoms with E-state index in [-0.39, 0.29) is 0 Å². The number of hydrogen-bond donors (Lipinski definition) is 2. The van der Waals surface area contributed by atoms with E-state index in [0.29, 0.717) is 29.7 Å². The fourth-order valence-electron chi connectivity index (χ4n) is 1.88. The number of carbonyl (C=O) groups is 1. The van der Waals surface area contributed by atoms with E-state index in [4.69, 9.17) is 10.5 Å². The molecule has 1 unspecified atom stereocenters. The Morgan fingerprint density at radius 2 is 2.39 bits per heavy atom. The number of nitrogens with zero attached hydrogens (tertiary/aromatic N) is 1. The van der Waals surface area contributed by atoms with E-state index in [9.17, 15) is 4.79 Å². The van der Waals surface area contributed by atoms with Crippen molar-refractivity contribution in [1.82, 2.24) is 4.98 Å². The minimum Gasteiger partial charge on any atom is -0.462 e. The second-order valence-electron chi connectivity index (χ2n) is 4.65. The lowest BCUT2D eigenvalue weighted by atomic mass is 10.2. The summed E-state index contributed by atoms with van der Waals surface area (Å²) in [5.41, 5.74) is 6.45. The maximum atomic E-state index is 11.7. The van der Waals surface area contributed by atoms with Crippen LogP contribution in [-0.2, 0) is 4.74 Å². The summed E-state index contributed by atoms with van der Waals surface area (Å²) in [6, 6.07) is 2.03. The van der Waals surface area contributed by atoms with E-state index < -0.39 is 5.97 Å². The molecule has 0 aliphatic heterocycles. The Hall–Kier alpha value is -1.78. The van der Waals surface area contributed by atoms with Crippen LogP contribution in [0, 0.1) is 5.92 Å². The van der Waals surface area contributed by atoms with Crippen LogP contribution in [0.4, 0.5) is 11.5 Å². The molecule has 3 N–H and O–H groups in total. The minimum absolute atomic E-state index is 0.335. The van der Waals surface area contributed by atoms with Crippen molar-refractivity contribution >= 4 is 17.5 Å². The van der Waals surface area contributed by atoms with Gasteiger partial charge in [-0.1, -0.05) is 0 Å². The smallest absolute Gasteiger partial charge is 0.340 e. The number of anilines is 2. The van der Waals surface area contributed by atoms with Gasteiger partial charge in [0.25, 0.3) is 0 Å². The molecule has 18 heavy (non-hydrogen) atoms. The highest BCUT2D eigenvalue weighted by Crippen LogP contribution is 2.33. The SMILES string of the molecule is CCOC(=O)c1cc(NC(C)C2CC2)ncc1N. The van der Waals surface area contributed by atoms with Gasteiger partial charge in [0, 0.05) is 6.04 Å². The Balaban J connectivity index is 2.12. The van der Waals surface area contributed by atoms with Crippen molar-refractivity contribution in [2.45, 2.75) is 32.7 Å². The number of esters is 1. The van der Waals surface area contributed by atoms with E-state index in [1.54, 1.807) is 13.0 Å². The third-order valence-electron chi connectivity index (χ3n) is 3.13. The van der Waals surface area contributed by atoms with Gasteiger partial charge in [-0.05, 0) is 38.7 Å². The quantitative estimate of drug-likeness (QED) is 0.781. The third-order valence-corrected chi connectivity index (χ3v) is 3.13. The molecule has 0 radical (unpaired) electrons. The molecule has 1 atom stereocenters. The standard InChI is InChI=1S/C13H19N3O2/c1-3-18-13(17)10-6-12(15-7-11(10)14)16-8(2)9-4-5-9/h6-9H,3-5,14H2,1-2H3,(H,15,16). The monoisotopic (exact) mass is 249 g/mol. The number of pyridine rings is 1. The van der Waals surface area contributed by atoms with Gasteiger partial charge in [0.2, 0.25) is 0 Å². The van der Waals surface area contributed by atoms with Crippen LogP contribution >= 0.6 is 0 Å². The van der Waals surface area contributed by atoms with Gasteiger partial charge in [0.05, 0.1) is 24.1 Å². The molecule has 2 rings (SSSR count). The Morgan fingerprint density at radius 3 is 3.00 bits per heavy atom. The number of ether oxygens (including phenoxy) is 1. The van der Waals surface area contributed by atoms with Crippen molar-refractivity contribution in [3.8, 4) is 0 Å². The zero-order valence-electron chi connectivity index (χ0n) is 10.8. The van der Waals surface area contributed by atoms with E-state index >= 15 is 0 Å². The molecule has 0 bridgehead atoms. The molecule has 1 aromatic heterocycles. The summed E-state index contributed by atoms with van der Waals surface area (Å²) >= 11 is 0. The van der Waals surface area contributed by atoms with E-state index in [0.717, 1.165) is 5.92 Å². The zero-order valence-corrected chi connectivity index (χ0v) is 10.8. The average molecular weight is 249 g/mol. The van der Waals surface area contributed by atoms with Gasteiger partial charge in [-0.3, -0.25) is 0 Å². The summed E-state index contributed by atoms with van der Waals surface area (Å²) < 4.78 is 4.95. The van der Waals surface area contributed by atoms with Crippen molar-refractivity contribution in [2.24, 2.45) is 5.92 Å². The summed E-state index contributed by atoms with van der Waals surface area (Å²) in [4.78, 5) is 15.9. The minimum atomic E-state index is -0.403. The number of hydrogen-bond acceptors (Lipinski definition) is 5. The lowest BCUT2D eigenvalue weighted by Gasteiger charge is -2.14. The number of nitrogens with one attached hydrogen (secondary N) is 1. The van der Waals surface area contributed by atoms with Crippen molar-refractivity contribution in [1.29, 1.82) is 0 Å². The maximum absolute atomic E-state index is 11.7. The first-order valence-electron chi connectivity index (χ1n) is 6.31. The van der Waals surface area contributed by atoms with Gasteiger partial charge in [-0.2, -0.15) is 0 Å². The molecule has 1 aliphatic rings. The molecule has 5 nitrogen and oxygen atoms in total. The van der Waals surface area contributed by atoms with Crippen LogP contribution in [0.2, 0.25) is 0 Å². The summed E-state index contributed by atoms with van der Waals surface area (Å²) in [6.07, 6.45) is 4.01. The molecule has 0 saturated heterocycles. The Kier molecular flexibility index (Phi) is 3.69. The molecule has 1 aromatic rings. The van der Waals surface area contributed by atoms with Crippen LogP contribution in [0.5, 0.6) is 0 Å². The highest BCUT2D eigenvalue weighted by atomic mass is 16.5. The van der Waals surface area contributed by atoms with Crippen molar-refractivity contribution in [2.75, 3.05) is 17.7 Å². The van der Waals surface area contributed by atoms with Crippen LogP contribution in [0.3, 0.4) is 0 Å². The van der Waals surface area contributed by atoms with Gasteiger partial charge in [0.1, 0.15) is 5.82 Å². The number of nitrogens with two attached hydrogens (primary N) is 1. The predicted molar refractivity (Wildman–Crippen MR) is 70.4 cm³/mol. The van der Waals surface area contributed by atoms with Crippen molar-refractivity contribution in [3.63, 3.8) is 0 Å². The fourth-order valence-corrected chi connectivity index (χ4v) is 1.88. The summed E-state index contributed by atoms with van der Waals surface area (Å²) in [5.74, 6) is 0.988. The van der Waals surface area contributed by atoms with Gasteiger partial charge in [-0.25, -0.2) is 9.78 Å². The largest absolute Gasteiger partial charge is 0.462 e. The summed E-state index contributed by atoms with van der Waals surface area (Å²) in [5, 5.41) is 3.29. The number of aromatic nitrogens is 1. The van der Waals surface area contributed by atoms with Crippen LogP contribution in [0.15, 0.2) is 12.3 Å². The van der Waals surface area contributed by atoms with E-state index in [1.165, 1.54) is 19.0 Å². The summed E-state index contributed by atoms with van der Waals surface area (Å²) in [7, 11) is 0. The lowest BCUT2D eigenvalue weighted by Crippen LogP contribution is -2.19. The second kappa shape index (κ2) is 5.25. The predicted octanol–water partition coefficient (Wildman–Crippen LogP) is 2.05. The highest BCUT2D eigenvalue weighted by molar-refractivity contribution is 5.95. The van der Waals surface area contributed by atoms with Crippen LogP contribution in [0.25, 0.3) is 0 Å². The number of carbonyl (C=O) groups excluding carboxylic acids is 1. The maximum Gasteiger partial charge on any atom is 0.340 e. The van der Waals surface area contributed by atoms with Crippen molar-refractivity contribution in [3.05, 3.63) is 17.8 Å². The molecule has 0 aromatic carbocycles. The van der Waals surface area contributed by atoms with Gasteiger partial charge < -0.3 is 15.8 Å². The molecular formula is C13H19N3O2. The van der Waals surface area contributed by atoms with E-state index in [1.807, 2.05) is 0 Å². The molecular weight excluding hydrogens is 230 g/mol. The molecule has 1 heterocycles. The molecule has 1 saturated carbocycles. The first-order valence-corrected chi connectivity index (χ1v) is 6.31. The molecule has 98 valence electrons. The topological polar surface area (TPSA) is 77.2 Å². The van der Waals surface area contributed by atoms with Crippen LogP contribution in [-0.4, -0.2) is 23.6 Å². The van der Waals surface area contributed by atoms with Crippen molar-refractivity contribution < 1.29 is 9.53 Å². The molecule has 1 aliphatic carbocycles. The molecule has 0 amide bonds. The highest BCUT2D eigenvalue weighted by Gasteiger charge is 2.28. The van der Waals surface area contributed by atoms with Crippen LogP contribution in [0.1, 0.15) is 37.0 Å². The molecule has 0 spiro atoms. The summed E-state index contributed by atoms with van der Waals surface area (Å²) in [6.45, 7) is 4.23. The van der Waals surface area contributed by atoms with Gasteiger partial charge in [-0.15, -0.1) is 0 Å². The number of nitrogen functional groups attached to an aromatic ring is 1.